The van der Waals surface area contributed by atoms with E-state index in [1.807, 2.05) is 12.1 Å². The summed E-state index contributed by atoms with van der Waals surface area (Å²) in [6, 6.07) is 6.86. The number of nitrogens with one attached hydrogen (secondary N) is 1. The summed E-state index contributed by atoms with van der Waals surface area (Å²) >= 11 is 5.52. The molecule has 0 aromatic heterocycles. The second-order valence-corrected chi connectivity index (χ2v) is 6.04. The Morgan fingerprint density at radius 1 is 1.35 bits per heavy atom. The van der Waals surface area contributed by atoms with Crippen LogP contribution in [0.25, 0.3) is 0 Å². The van der Waals surface area contributed by atoms with Crippen LogP contribution in [0.5, 0.6) is 0 Å². The van der Waals surface area contributed by atoms with Gasteiger partial charge >= 0.3 is 0 Å². The number of sulfonamides is 1. The lowest BCUT2D eigenvalue weighted by Gasteiger charge is -2.06. The molecule has 94 valence electrons. The lowest BCUT2D eigenvalue weighted by molar-refractivity contribution is 0.585. The fourth-order valence-electron chi connectivity index (χ4n) is 1.38. The van der Waals surface area contributed by atoms with Crippen LogP contribution < -0.4 is 4.72 Å². The average molecular weight is 274 g/mol. The van der Waals surface area contributed by atoms with Gasteiger partial charge in [0.1, 0.15) is 0 Å². The van der Waals surface area contributed by atoms with E-state index in [9.17, 15) is 8.42 Å². The van der Waals surface area contributed by atoms with Crippen LogP contribution in [0.1, 0.15) is 18.9 Å². The maximum atomic E-state index is 11.8. The Morgan fingerprint density at radius 3 is 2.41 bits per heavy atom. The van der Waals surface area contributed by atoms with E-state index in [1.165, 1.54) is 0 Å². The van der Waals surface area contributed by atoms with E-state index in [1.54, 1.807) is 12.1 Å². The van der Waals surface area contributed by atoms with Crippen LogP contribution >= 0.6 is 11.6 Å². The van der Waals surface area contributed by atoms with Crippen LogP contribution in [0.4, 0.5) is 0 Å². The highest BCUT2D eigenvalue weighted by Gasteiger charge is 2.13. The molecule has 0 saturated carbocycles. The zero-order chi connectivity index (χ0) is 12.9. The van der Waals surface area contributed by atoms with Crippen LogP contribution in [-0.4, -0.2) is 15.0 Å². The summed E-state index contributed by atoms with van der Waals surface area (Å²) < 4.78 is 26.0. The molecule has 0 fully saturated rings. The van der Waals surface area contributed by atoms with Gasteiger partial charge in [-0.1, -0.05) is 43.7 Å². The first-order chi connectivity index (χ1) is 7.95. The molecule has 5 heteroatoms. The molecule has 0 atom stereocenters. The summed E-state index contributed by atoms with van der Waals surface area (Å²) in [6.45, 7) is 5.55. The fourth-order valence-corrected chi connectivity index (χ4v) is 2.55. The third kappa shape index (κ3) is 4.50. The quantitative estimate of drug-likeness (QED) is 0.866. The lowest BCUT2D eigenvalue weighted by atomic mass is 10.1. The minimum Gasteiger partial charge on any atom is -0.207 e. The summed E-state index contributed by atoms with van der Waals surface area (Å²) in [7, 11) is -3.48. The van der Waals surface area contributed by atoms with Crippen molar-refractivity contribution in [1.82, 2.24) is 4.72 Å². The molecule has 0 spiro atoms. The van der Waals surface area contributed by atoms with Gasteiger partial charge in [-0.25, -0.2) is 13.1 Å². The summed E-state index contributed by atoms with van der Waals surface area (Å²) in [5.74, 6) is 0. The Balaban J connectivity index is 2.81. The monoisotopic (exact) mass is 273 g/mol. The molecule has 1 aromatic carbocycles. The van der Waals surface area contributed by atoms with E-state index < -0.39 is 10.0 Å². The van der Waals surface area contributed by atoms with Gasteiger partial charge in [0.2, 0.25) is 10.0 Å². The molecule has 0 unspecified atom stereocenters. The molecule has 0 bridgehead atoms. The molecule has 3 nitrogen and oxygen atoms in total. The van der Waals surface area contributed by atoms with E-state index in [-0.39, 0.29) is 16.5 Å². The van der Waals surface area contributed by atoms with Gasteiger partial charge in [0.05, 0.1) is 4.90 Å². The van der Waals surface area contributed by atoms with Gasteiger partial charge in [-0.15, -0.1) is 0 Å². The third-order valence-corrected chi connectivity index (χ3v) is 3.78. The second-order valence-electron chi connectivity index (χ2n) is 3.74. The maximum Gasteiger partial charge on any atom is 0.240 e. The fraction of sp³-hybridized carbons (Fsp3) is 0.333. The summed E-state index contributed by atoms with van der Waals surface area (Å²) in [5.41, 5.74) is 1.13. The van der Waals surface area contributed by atoms with Crippen molar-refractivity contribution >= 4 is 21.6 Å². The molecule has 0 aliphatic heterocycles. The molecule has 1 aromatic rings. The second kappa shape index (κ2) is 6.19. The highest BCUT2D eigenvalue weighted by Crippen LogP contribution is 2.12. The topological polar surface area (TPSA) is 46.2 Å². The predicted octanol–water partition coefficient (Wildman–Crippen LogP) is 2.67. The highest BCUT2D eigenvalue weighted by molar-refractivity contribution is 7.89. The van der Waals surface area contributed by atoms with Gasteiger partial charge in [-0.3, -0.25) is 0 Å². The smallest absolute Gasteiger partial charge is 0.207 e. The number of benzene rings is 1. The van der Waals surface area contributed by atoms with E-state index in [2.05, 4.69) is 18.2 Å². The van der Waals surface area contributed by atoms with Crippen LogP contribution in [0, 0.1) is 0 Å². The molecule has 0 aliphatic carbocycles. The van der Waals surface area contributed by atoms with E-state index >= 15 is 0 Å². The molecule has 1 rings (SSSR count). The molecule has 0 heterocycles. The van der Waals surface area contributed by atoms with Crippen molar-refractivity contribution in [3.63, 3.8) is 0 Å². The number of rotatable bonds is 6. The predicted molar refractivity (Wildman–Crippen MR) is 70.6 cm³/mol. The average Bonchev–Trinajstić information content (AvgIpc) is 2.28. The SMILES string of the molecule is C=C(Cl)CNS(=O)(=O)c1ccc(CCC)cc1. The van der Waals surface area contributed by atoms with Crippen LogP contribution in [0.3, 0.4) is 0 Å². The molecule has 17 heavy (non-hydrogen) atoms. The summed E-state index contributed by atoms with van der Waals surface area (Å²) in [5, 5.41) is 0.260. The van der Waals surface area contributed by atoms with Crippen LogP contribution in [-0.2, 0) is 16.4 Å². The Kier molecular flexibility index (Phi) is 5.18. The standard InChI is InChI=1S/C12H16ClNO2S/c1-3-4-11-5-7-12(8-6-11)17(15,16)14-9-10(2)13/h5-8,14H,2-4,9H2,1H3. The van der Waals surface area contributed by atoms with Gasteiger partial charge in [-0.2, -0.15) is 0 Å². The van der Waals surface area contributed by atoms with Gasteiger partial charge in [0.15, 0.2) is 0 Å². The normalized spacial score (nSPS) is 11.4. The Labute approximate surface area is 108 Å². The van der Waals surface area contributed by atoms with Gasteiger partial charge in [-0.05, 0) is 24.1 Å². The molecule has 0 amide bonds. The Hall–Kier alpha value is -0.840. The van der Waals surface area contributed by atoms with Crippen LogP contribution in [0.2, 0.25) is 0 Å². The molecule has 0 aliphatic rings. The van der Waals surface area contributed by atoms with Crippen molar-refractivity contribution in [2.45, 2.75) is 24.7 Å². The van der Waals surface area contributed by atoms with Crippen molar-refractivity contribution < 1.29 is 8.42 Å². The Morgan fingerprint density at radius 2 is 1.94 bits per heavy atom. The first-order valence-corrected chi connectivity index (χ1v) is 7.23. The first kappa shape index (κ1) is 14.2. The molecular formula is C12H16ClNO2S. The molecule has 0 saturated heterocycles. The van der Waals surface area contributed by atoms with Gasteiger partial charge < -0.3 is 0 Å². The van der Waals surface area contributed by atoms with Crippen LogP contribution in [0.15, 0.2) is 40.8 Å². The summed E-state index contributed by atoms with van der Waals surface area (Å²) in [6.07, 6.45) is 1.99. The van der Waals surface area contributed by atoms with Crippen molar-refractivity contribution in [3.05, 3.63) is 41.4 Å². The number of hydrogen-bond donors (Lipinski definition) is 1. The number of hydrogen-bond acceptors (Lipinski definition) is 2. The molecule has 0 radical (unpaired) electrons. The highest BCUT2D eigenvalue weighted by atomic mass is 35.5. The number of aryl methyl sites for hydroxylation is 1. The van der Waals surface area contributed by atoms with Crippen molar-refractivity contribution in [2.75, 3.05) is 6.54 Å². The minimum atomic E-state index is -3.48. The van der Waals surface area contributed by atoms with Gasteiger partial charge in [0.25, 0.3) is 0 Å². The minimum absolute atomic E-state index is 0.0423. The lowest BCUT2D eigenvalue weighted by Crippen LogP contribution is -2.24. The third-order valence-electron chi connectivity index (χ3n) is 2.23. The maximum absolute atomic E-state index is 11.8. The van der Waals surface area contributed by atoms with Gasteiger partial charge in [0, 0.05) is 11.6 Å². The van der Waals surface area contributed by atoms with E-state index in [4.69, 9.17) is 11.6 Å². The summed E-state index contributed by atoms with van der Waals surface area (Å²) in [4.78, 5) is 0.246. The molecule has 1 N–H and O–H groups in total. The van der Waals surface area contributed by atoms with Crippen molar-refractivity contribution in [2.24, 2.45) is 0 Å². The van der Waals surface area contributed by atoms with E-state index in [0.717, 1.165) is 18.4 Å². The zero-order valence-electron chi connectivity index (χ0n) is 9.74. The Bertz CT molecular complexity index is 480. The van der Waals surface area contributed by atoms with Crippen molar-refractivity contribution in [1.29, 1.82) is 0 Å². The molecular weight excluding hydrogens is 258 g/mol. The van der Waals surface area contributed by atoms with E-state index in [0.29, 0.717) is 0 Å². The largest absolute Gasteiger partial charge is 0.240 e. The zero-order valence-corrected chi connectivity index (χ0v) is 11.3. The number of halogens is 1. The van der Waals surface area contributed by atoms with Crippen molar-refractivity contribution in [3.8, 4) is 0 Å². The first-order valence-electron chi connectivity index (χ1n) is 5.37.